The number of nitrogens with zero attached hydrogens (tertiary/aromatic N) is 1. The van der Waals surface area contributed by atoms with Gasteiger partial charge in [0.05, 0.1) is 24.2 Å². The van der Waals surface area contributed by atoms with Crippen molar-refractivity contribution in [2.45, 2.75) is 13.0 Å². The molecular formula is C23H20BrClN2O3. The molecule has 0 heterocycles. The fourth-order valence-electron chi connectivity index (χ4n) is 2.69. The lowest BCUT2D eigenvalue weighted by atomic mass is 10.1. The Kier molecular flexibility index (Phi) is 7.88. The van der Waals surface area contributed by atoms with Gasteiger partial charge in [0.15, 0.2) is 11.5 Å². The van der Waals surface area contributed by atoms with Gasteiger partial charge < -0.3 is 9.47 Å². The van der Waals surface area contributed by atoms with Gasteiger partial charge in [-0.2, -0.15) is 5.10 Å². The van der Waals surface area contributed by atoms with Crippen molar-refractivity contribution >= 4 is 39.7 Å². The van der Waals surface area contributed by atoms with Crippen LogP contribution in [0.5, 0.6) is 11.5 Å². The Labute approximate surface area is 188 Å². The van der Waals surface area contributed by atoms with E-state index in [-0.39, 0.29) is 12.3 Å². The molecule has 0 radical (unpaired) electrons. The molecule has 3 rings (SSSR count). The van der Waals surface area contributed by atoms with Gasteiger partial charge in [-0.1, -0.05) is 54.1 Å². The number of carbonyl (C=O) groups excluding carboxylic acids is 1. The lowest BCUT2D eigenvalue weighted by molar-refractivity contribution is -0.120. The zero-order chi connectivity index (χ0) is 21.3. The summed E-state index contributed by atoms with van der Waals surface area (Å²) in [6.45, 7) is 0.370. The summed E-state index contributed by atoms with van der Waals surface area (Å²) in [5, 5.41) is 4.71. The second-order valence-corrected chi connectivity index (χ2v) is 7.70. The molecule has 30 heavy (non-hydrogen) atoms. The van der Waals surface area contributed by atoms with Crippen LogP contribution in [0.15, 0.2) is 76.3 Å². The van der Waals surface area contributed by atoms with Crippen molar-refractivity contribution in [2.24, 2.45) is 5.10 Å². The number of methoxy groups -OCH3 is 1. The van der Waals surface area contributed by atoms with Crippen LogP contribution >= 0.6 is 27.5 Å². The Hall–Kier alpha value is -2.83. The monoisotopic (exact) mass is 486 g/mol. The number of rotatable bonds is 8. The van der Waals surface area contributed by atoms with Crippen molar-refractivity contribution in [3.8, 4) is 11.5 Å². The quantitative estimate of drug-likeness (QED) is 0.343. The highest BCUT2D eigenvalue weighted by atomic mass is 79.9. The van der Waals surface area contributed by atoms with Gasteiger partial charge in [-0.3, -0.25) is 4.79 Å². The van der Waals surface area contributed by atoms with Crippen LogP contribution in [0.3, 0.4) is 0 Å². The van der Waals surface area contributed by atoms with E-state index in [1.54, 1.807) is 19.4 Å². The Morgan fingerprint density at radius 2 is 1.83 bits per heavy atom. The zero-order valence-electron chi connectivity index (χ0n) is 16.3. The number of hydrogen-bond acceptors (Lipinski definition) is 4. The molecule has 1 N–H and O–H groups in total. The van der Waals surface area contributed by atoms with E-state index in [1.807, 2.05) is 60.7 Å². The second-order valence-electron chi connectivity index (χ2n) is 6.40. The summed E-state index contributed by atoms with van der Waals surface area (Å²) in [6, 6.07) is 20.6. The predicted octanol–water partition coefficient (Wildman–Crippen LogP) is 5.38. The van der Waals surface area contributed by atoms with Gasteiger partial charge in [0.25, 0.3) is 0 Å². The normalized spacial score (nSPS) is 10.8. The summed E-state index contributed by atoms with van der Waals surface area (Å²) in [7, 11) is 1.57. The van der Waals surface area contributed by atoms with Gasteiger partial charge in [-0.05, 0) is 56.9 Å². The Bertz CT molecular complexity index is 1020. The average molecular weight is 488 g/mol. The summed E-state index contributed by atoms with van der Waals surface area (Å²) >= 11 is 9.43. The molecule has 0 fully saturated rings. The summed E-state index contributed by atoms with van der Waals surface area (Å²) in [6.07, 6.45) is 1.82. The molecule has 3 aromatic rings. The van der Waals surface area contributed by atoms with Crippen molar-refractivity contribution in [2.75, 3.05) is 7.11 Å². The number of carbonyl (C=O) groups is 1. The molecule has 5 nitrogen and oxygen atoms in total. The van der Waals surface area contributed by atoms with E-state index in [4.69, 9.17) is 21.1 Å². The maximum Gasteiger partial charge on any atom is 0.244 e. The van der Waals surface area contributed by atoms with E-state index in [1.165, 1.54) is 0 Å². The number of amides is 1. The third-order valence-electron chi connectivity index (χ3n) is 4.16. The molecule has 0 saturated carbocycles. The summed E-state index contributed by atoms with van der Waals surface area (Å²) < 4.78 is 12.1. The van der Waals surface area contributed by atoms with Gasteiger partial charge in [0.1, 0.15) is 6.61 Å². The number of hydrazone groups is 1. The first-order valence-corrected chi connectivity index (χ1v) is 10.3. The molecular weight excluding hydrogens is 468 g/mol. The van der Waals surface area contributed by atoms with E-state index in [9.17, 15) is 4.79 Å². The Morgan fingerprint density at radius 3 is 2.53 bits per heavy atom. The standard InChI is InChI=1S/C23H20BrClN2O3/c1-29-21-12-18(14-26-27-22(28)13-16-5-3-2-4-6-16)11-20(24)23(21)30-15-17-7-9-19(25)10-8-17/h2-12,14H,13,15H2,1H3,(H,27,28)/b26-14-. The maximum absolute atomic E-state index is 12.0. The fraction of sp³-hybridized carbons (Fsp3) is 0.130. The predicted molar refractivity (Wildman–Crippen MR) is 122 cm³/mol. The number of ether oxygens (including phenoxy) is 2. The molecule has 7 heteroatoms. The van der Waals surface area contributed by atoms with E-state index in [0.717, 1.165) is 16.7 Å². The van der Waals surface area contributed by atoms with Crippen LogP contribution in [0.2, 0.25) is 5.02 Å². The first-order chi connectivity index (χ1) is 14.5. The topological polar surface area (TPSA) is 59.9 Å². The number of halogens is 2. The molecule has 0 aromatic heterocycles. The SMILES string of the molecule is COc1cc(/C=N\NC(=O)Cc2ccccc2)cc(Br)c1OCc1ccc(Cl)cc1. The second kappa shape index (κ2) is 10.8. The highest BCUT2D eigenvalue weighted by Crippen LogP contribution is 2.36. The van der Waals surface area contributed by atoms with E-state index < -0.39 is 0 Å². The molecule has 154 valence electrons. The zero-order valence-corrected chi connectivity index (χ0v) is 18.6. The van der Waals surface area contributed by atoms with Gasteiger partial charge in [-0.15, -0.1) is 0 Å². The molecule has 0 atom stereocenters. The minimum absolute atomic E-state index is 0.189. The van der Waals surface area contributed by atoms with E-state index >= 15 is 0 Å². The van der Waals surface area contributed by atoms with E-state index in [0.29, 0.717) is 27.6 Å². The van der Waals surface area contributed by atoms with Crippen molar-refractivity contribution in [1.29, 1.82) is 0 Å². The van der Waals surface area contributed by atoms with Gasteiger partial charge in [0, 0.05) is 5.02 Å². The molecule has 0 bridgehead atoms. The van der Waals surface area contributed by atoms with Crippen LogP contribution in [0.25, 0.3) is 0 Å². The minimum atomic E-state index is -0.189. The fourth-order valence-corrected chi connectivity index (χ4v) is 3.39. The molecule has 3 aromatic carbocycles. The summed E-state index contributed by atoms with van der Waals surface area (Å²) in [4.78, 5) is 12.0. The van der Waals surface area contributed by atoms with Crippen LogP contribution < -0.4 is 14.9 Å². The Balaban J connectivity index is 1.63. The van der Waals surface area contributed by atoms with Gasteiger partial charge in [0.2, 0.25) is 5.91 Å². The maximum atomic E-state index is 12.0. The van der Waals surface area contributed by atoms with E-state index in [2.05, 4.69) is 26.5 Å². The van der Waals surface area contributed by atoms with Crippen LogP contribution in [0.1, 0.15) is 16.7 Å². The van der Waals surface area contributed by atoms with Crippen molar-refractivity contribution in [3.05, 3.63) is 92.9 Å². The third-order valence-corrected chi connectivity index (χ3v) is 5.00. The lowest BCUT2D eigenvalue weighted by Gasteiger charge is -2.13. The average Bonchev–Trinajstić information content (AvgIpc) is 2.74. The minimum Gasteiger partial charge on any atom is -0.493 e. The van der Waals surface area contributed by atoms with Crippen LogP contribution in [0, 0.1) is 0 Å². The largest absolute Gasteiger partial charge is 0.493 e. The first kappa shape index (κ1) is 21.9. The molecule has 0 aliphatic rings. The van der Waals surface area contributed by atoms with Crippen molar-refractivity contribution in [1.82, 2.24) is 5.43 Å². The lowest BCUT2D eigenvalue weighted by Crippen LogP contribution is -2.19. The van der Waals surface area contributed by atoms with Crippen LogP contribution in [-0.2, 0) is 17.8 Å². The van der Waals surface area contributed by atoms with Crippen molar-refractivity contribution < 1.29 is 14.3 Å². The smallest absolute Gasteiger partial charge is 0.244 e. The first-order valence-electron chi connectivity index (χ1n) is 9.16. The molecule has 0 aliphatic heterocycles. The molecule has 0 saturated heterocycles. The summed E-state index contributed by atoms with van der Waals surface area (Å²) in [5.74, 6) is 0.944. The highest BCUT2D eigenvalue weighted by molar-refractivity contribution is 9.10. The third kappa shape index (κ3) is 6.34. The molecule has 0 unspecified atom stereocenters. The highest BCUT2D eigenvalue weighted by Gasteiger charge is 2.12. The number of benzene rings is 3. The van der Waals surface area contributed by atoms with Crippen molar-refractivity contribution in [3.63, 3.8) is 0 Å². The summed E-state index contributed by atoms with van der Waals surface area (Å²) in [5.41, 5.74) is 5.20. The molecule has 0 aliphatic carbocycles. The Morgan fingerprint density at radius 1 is 1.10 bits per heavy atom. The number of nitrogens with one attached hydrogen (secondary N) is 1. The number of hydrogen-bond donors (Lipinski definition) is 1. The van der Waals surface area contributed by atoms with Gasteiger partial charge in [-0.25, -0.2) is 5.43 Å². The van der Waals surface area contributed by atoms with Crippen LogP contribution in [0.4, 0.5) is 0 Å². The van der Waals surface area contributed by atoms with Gasteiger partial charge >= 0.3 is 0 Å². The van der Waals surface area contributed by atoms with Crippen LogP contribution in [-0.4, -0.2) is 19.2 Å². The molecule has 1 amide bonds. The molecule has 0 spiro atoms.